The van der Waals surface area contributed by atoms with Crippen molar-refractivity contribution in [2.45, 2.75) is 18.8 Å². The molecule has 0 unspecified atom stereocenters. The molecule has 1 saturated heterocycles. The first-order valence-corrected chi connectivity index (χ1v) is 7.87. The number of rotatable bonds is 3. The van der Waals surface area contributed by atoms with Gasteiger partial charge in [-0.15, -0.1) is 0 Å². The third-order valence-corrected chi connectivity index (χ3v) is 4.57. The number of sulfonamides is 1. The number of nitrogens with zero attached hydrogens (tertiary/aromatic N) is 2. The van der Waals surface area contributed by atoms with Crippen LogP contribution in [0.2, 0.25) is 0 Å². The summed E-state index contributed by atoms with van der Waals surface area (Å²) >= 11 is 0. The van der Waals surface area contributed by atoms with Crippen molar-refractivity contribution >= 4 is 16.0 Å². The van der Waals surface area contributed by atoms with E-state index in [0.29, 0.717) is 13.1 Å². The molecule has 1 fully saturated rings. The second-order valence-corrected chi connectivity index (χ2v) is 6.72. The van der Waals surface area contributed by atoms with Gasteiger partial charge in [-0.1, -0.05) is 0 Å². The van der Waals surface area contributed by atoms with Crippen LogP contribution in [0.25, 0.3) is 0 Å². The van der Waals surface area contributed by atoms with Gasteiger partial charge in [0.2, 0.25) is 10.0 Å². The average molecular weight is 284 g/mol. The van der Waals surface area contributed by atoms with Crippen LogP contribution >= 0.6 is 0 Å². The summed E-state index contributed by atoms with van der Waals surface area (Å²) in [6.07, 6.45) is 4.18. The maximum atomic E-state index is 11.5. The molecule has 0 radical (unpaired) electrons. The van der Waals surface area contributed by atoms with Crippen LogP contribution in [0.4, 0.5) is 0 Å². The number of carboxylic acids is 1. The molecule has 1 aromatic rings. The van der Waals surface area contributed by atoms with Crippen molar-refractivity contribution in [2.24, 2.45) is 0 Å². The van der Waals surface area contributed by atoms with E-state index in [4.69, 9.17) is 5.11 Å². The Hall–Kier alpha value is -1.47. The third-order valence-electron chi connectivity index (χ3n) is 3.30. The predicted molar refractivity (Wildman–Crippen MR) is 69.6 cm³/mol. The van der Waals surface area contributed by atoms with E-state index in [-0.39, 0.29) is 11.5 Å². The molecule has 2 heterocycles. The van der Waals surface area contributed by atoms with E-state index >= 15 is 0 Å². The Labute approximate surface area is 112 Å². The van der Waals surface area contributed by atoms with Crippen molar-refractivity contribution in [3.05, 3.63) is 29.6 Å². The molecule has 1 N–H and O–H groups in total. The van der Waals surface area contributed by atoms with Crippen LogP contribution in [0.15, 0.2) is 18.3 Å². The fraction of sp³-hybridized carbons (Fsp3) is 0.500. The molecule has 1 aromatic heterocycles. The summed E-state index contributed by atoms with van der Waals surface area (Å²) in [5, 5.41) is 8.81. The quantitative estimate of drug-likeness (QED) is 0.891. The Kier molecular flexibility index (Phi) is 3.86. The van der Waals surface area contributed by atoms with Gasteiger partial charge in [0.25, 0.3) is 0 Å². The minimum Gasteiger partial charge on any atom is -0.478 e. The summed E-state index contributed by atoms with van der Waals surface area (Å²) in [5.74, 6) is -0.980. The highest BCUT2D eigenvalue weighted by molar-refractivity contribution is 7.88. The zero-order valence-electron chi connectivity index (χ0n) is 10.6. The van der Waals surface area contributed by atoms with E-state index in [1.165, 1.54) is 22.8 Å². The van der Waals surface area contributed by atoms with E-state index in [1.807, 2.05) is 0 Å². The lowest BCUT2D eigenvalue weighted by molar-refractivity contribution is 0.0696. The second kappa shape index (κ2) is 5.26. The van der Waals surface area contributed by atoms with Crippen LogP contribution in [0.1, 0.15) is 34.8 Å². The number of hydrogen-bond acceptors (Lipinski definition) is 4. The molecule has 0 spiro atoms. The predicted octanol–water partition coefficient (Wildman–Crippen LogP) is 0.919. The molecule has 0 aliphatic carbocycles. The first kappa shape index (κ1) is 14.0. The minimum absolute atomic E-state index is 0.0336. The molecule has 104 valence electrons. The molecule has 1 aliphatic rings. The standard InChI is InChI=1S/C12H16N2O4S/c1-19(17,18)14-6-2-3-10(8-14)11-5-4-9(7-13-11)12(15)16/h4-5,7,10H,2-3,6,8H2,1H3,(H,15,16)/t10-/m1/s1. The summed E-state index contributed by atoms with van der Waals surface area (Å²) in [6, 6.07) is 3.17. The van der Waals surface area contributed by atoms with Gasteiger partial charge in [-0.2, -0.15) is 0 Å². The number of aromatic carboxylic acids is 1. The molecule has 1 atom stereocenters. The molecule has 0 saturated carbocycles. The first-order valence-electron chi connectivity index (χ1n) is 6.02. The van der Waals surface area contributed by atoms with Crippen molar-refractivity contribution < 1.29 is 18.3 Å². The lowest BCUT2D eigenvalue weighted by Crippen LogP contribution is -2.38. The number of carboxylic acid groups (broad SMARTS) is 1. The third kappa shape index (κ3) is 3.30. The zero-order chi connectivity index (χ0) is 14.0. The molecule has 19 heavy (non-hydrogen) atoms. The first-order chi connectivity index (χ1) is 8.88. The maximum Gasteiger partial charge on any atom is 0.337 e. The molecule has 2 rings (SSSR count). The van der Waals surface area contributed by atoms with E-state index < -0.39 is 16.0 Å². The van der Waals surface area contributed by atoms with E-state index in [0.717, 1.165) is 18.5 Å². The number of aromatic nitrogens is 1. The highest BCUT2D eigenvalue weighted by Crippen LogP contribution is 2.26. The highest BCUT2D eigenvalue weighted by Gasteiger charge is 2.27. The van der Waals surface area contributed by atoms with Gasteiger partial charge in [0.1, 0.15) is 0 Å². The number of hydrogen-bond donors (Lipinski definition) is 1. The summed E-state index contributed by atoms with van der Waals surface area (Å²) in [5.41, 5.74) is 0.887. The van der Waals surface area contributed by atoms with Crippen LogP contribution in [0.3, 0.4) is 0 Å². The van der Waals surface area contributed by atoms with Crippen molar-refractivity contribution in [1.82, 2.24) is 9.29 Å². The van der Waals surface area contributed by atoms with E-state index in [1.54, 1.807) is 6.07 Å². The van der Waals surface area contributed by atoms with Crippen molar-refractivity contribution in [1.29, 1.82) is 0 Å². The SMILES string of the molecule is CS(=O)(=O)N1CCC[C@@H](c2ccc(C(=O)O)cn2)C1. The van der Waals surface area contributed by atoms with E-state index in [2.05, 4.69) is 4.98 Å². The van der Waals surface area contributed by atoms with Crippen LogP contribution in [0, 0.1) is 0 Å². The van der Waals surface area contributed by atoms with Gasteiger partial charge >= 0.3 is 5.97 Å². The number of piperidine rings is 1. The zero-order valence-corrected chi connectivity index (χ0v) is 11.4. The molecular formula is C12H16N2O4S. The molecule has 0 bridgehead atoms. The van der Waals surface area contributed by atoms with Crippen molar-refractivity contribution in [3.8, 4) is 0 Å². The topological polar surface area (TPSA) is 87.6 Å². The Morgan fingerprint density at radius 1 is 1.47 bits per heavy atom. The minimum atomic E-state index is -3.18. The van der Waals surface area contributed by atoms with Gasteiger partial charge in [0.05, 0.1) is 11.8 Å². The summed E-state index contributed by atoms with van der Waals surface area (Å²) < 4.78 is 24.5. The van der Waals surface area contributed by atoms with Gasteiger partial charge in [-0.05, 0) is 25.0 Å². The van der Waals surface area contributed by atoms with Crippen LogP contribution in [0.5, 0.6) is 0 Å². The van der Waals surface area contributed by atoms with Gasteiger partial charge in [0, 0.05) is 30.9 Å². The molecule has 0 amide bonds. The fourth-order valence-electron chi connectivity index (χ4n) is 2.26. The molecule has 1 aliphatic heterocycles. The monoisotopic (exact) mass is 284 g/mol. The summed E-state index contributed by atoms with van der Waals surface area (Å²) in [7, 11) is -3.18. The fourth-order valence-corrected chi connectivity index (χ4v) is 3.17. The Morgan fingerprint density at radius 3 is 2.74 bits per heavy atom. The summed E-state index contributed by atoms with van der Waals surface area (Å²) in [6.45, 7) is 0.959. The van der Waals surface area contributed by atoms with Crippen molar-refractivity contribution in [2.75, 3.05) is 19.3 Å². The Balaban J connectivity index is 2.15. The van der Waals surface area contributed by atoms with E-state index in [9.17, 15) is 13.2 Å². The van der Waals surface area contributed by atoms with Crippen molar-refractivity contribution in [3.63, 3.8) is 0 Å². The Morgan fingerprint density at radius 2 is 2.21 bits per heavy atom. The highest BCUT2D eigenvalue weighted by atomic mass is 32.2. The van der Waals surface area contributed by atoms with Crippen LogP contribution < -0.4 is 0 Å². The molecule has 7 heteroatoms. The lowest BCUT2D eigenvalue weighted by Gasteiger charge is -2.30. The largest absolute Gasteiger partial charge is 0.478 e. The average Bonchev–Trinajstić information content (AvgIpc) is 2.38. The molecule has 6 nitrogen and oxygen atoms in total. The number of carbonyl (C=O) groups is 1. The van der Waals surface area contributed by atoms with Gasteiger partial charge in [-0.3, -0.25) is 4.98 Å². The van der Waals surface area contributed by atoms with Crippen LogP contribution in [-0.2, 0) is 10.0 Å². The smallest absolute Gasteiger partial charge is 0.337 e. The van der Waals surface area contributed by atoms with Gasteiger partial charge < -0.3 is 5.11 Å². The maximum absolute atomic E-state index is 11.5. The second-order valence-electron chi connectivity index (χ2n) is 4.74. The van der Waals surface area contributed by atoms with Crippen LogP contribution in [-0.4, -0.2) is 48.1 Å². The molecular weight excluding hydrogens is 268 g/mol. The van der Waals surface area contributed by atoms with Gasteiger partial charge in [-0.25, -0.2) is 17.5 Å². The normalized spacial score (nSPS) is 21.2. The summed E-state index contributed by atoms with van der Waals surface area (Å²) in [4.78, 5) is 14.9. The molecule has 0 aromatic carbocycles. The lowest BCUT2D eigenvalue weighted by atomic mass is 9.95. The van der Waals surface area contributed by atoms with Gasteiger partial charge in [0.15, 0.2) is 0 Å². The number of pyridine rings is 1. The Bertz CT molecular complexity index is 568.